The highest BCUT2D eigenvalue weighted by atomic mass is 19.4. The van der Waals surface area contributed by atoms with E-state index in [-0.39, 0.29) is 123 Å². The van der Waals surface area contributed by atoms with Crippen molar-refractivity contribution in [3.05, 3.63) is 232 Å². The molecule has 0 aliphatic rings. The molecule has 25 heteroatoms. The molecule has 0 unspecified atom stereocenters. The average molecular weight is 1300 g/mol. The van der Waals surface area contributed by atoms with Gasteiger partial charge in [-0.05, 0) is 130 Å². The molecule has 93 heavy (non-hydrogen) atoms. The normalized spacial score (nSPS) is 13.0. The lowest BCUT2D eigenvalue weighted by Crippen LogP contribution is -2.12. The monoisotopic (exact) mass is 1300 g/mol. The van der Waals surface area contributed by atoms with Crippen LogP contribution in [0, 0.1) is 18.3 Å². The van der Waals surface area contributed by atoms with E-state index in [2.05, 4.69) is 0 Å². The number of nitrogens with zero attached hydrogens (tertiary/aromatic N) is 4. The fourth-order valence-corrected chi connectivity index (χ4v) is 11.7. The topological polar surface area (TPSA) is 46.5 Å². The zero-order valence-corrected chi connectivity index (χ0v) is 46.5. The molecule has 3 aromatic heterocycles. The molecule has 0 spiro atoms. The number of pyridine rings is 1. The van der Waals surface area contributed by atoms with Crippen molar-refractivity contribution < 1.29 is 92.2 Å². The van der Waals surface area contributed by atoms with E-state index >= 15 is 0 Å². The Bertz CT molecular complexity index is 4950. The summed E-state index contributed by atoms with van der Waals surface area (Å²) >= 11 is 0. The zero-order valence-electron chi connectivity index (χ0n) is 46.5. The minimum absolute atomic E-state index is 0.00301. The smallest absolute Gasteiger partial charge is 0.307 e. The maximum absolute atomic E-state index is 14.9. The fraction of sp³-hybridized carbons (Fsp3) is 0.118. The summed E-state index contributed by atoms with van der Waals surface area (Å²) in [4.78, 5) is 4.78. The van der Waals surface area contributed by atoms with Gasteiger partial charge in [0.15, 0.2) is 0 Å². The van der Waals surface area contributed by atoms with Crippen molar-refractivity contribution in [2.75, 3.05) is 0 Å². The van der Waals surface area contributed by atoms with Crippen LogP contribution in [0.1, 0.15) is 50.1 Å². The molecule has 12 rings (SSSR count). The van der Waals surface area contributed by atoms with Gasteiger partial charge in [-0.1, -0.05) is 103 Å². The van der Waals surface area contributed by atoms with Gasteiger partial charge in [0.1, 0.15) is 5.82 Å². The average Bonchev–Trinajstić information content (AvgIpc) is 1.58. The molecule has 0 aliphatic heterocycles. The summed E-state index contributed by atoms with van der Waals surface area (Å²) in [5.74, 6) is -0.263. The van der Waals surface area contributed by atoms with Crippen molar-refractivity contribution in [3.8, 4) is 73.2 Å². The van der Waals surface area contributed by atoms with E-state index < -0.39 is 98.9 Å². The molecule has 472 valence electrons. The van der Waals surface area contributed by atoms with Gasteiger partial charge in [0, 0.05) is 32.7 Å². The summed E-state index contributed by atoms with van der Waals surface area (Å²) in [5, 5.41) is 11.3. The number of hydrogen-bond donors (Lipinski definition) is 0. The van der Waals surface area contributed by atoms with Crippen molar-refractivity contribution in [1.29, 1.82) is 5.26 Å². The Morgan fingerprint density at radius 3 is 1.00 bits per heavy atom. The predicted octanol–water partition coefficient (Wildman–Crippen LogP) is 22.9. The number of aryl methyl sites for hydroxylation is 1. The SMILES string of the molecule is Cc1ccc(-c2ccc3c4ccc(-c5ccc(C(F)(F)F)cc5C(F)(F)F)cc4n(-c4cc(-c5ccccc5C#N)c(-n5c6cc(-c7ccc(C(F)(F)F)cc7C(F)(F)F)ccc6c6ccc(-c7ccc(C(F)(F)F)cc7C(F)(F)F)cc65)cn4)c3c2)c(C(F)(F)F)c1. The molecule has 4 nitrogen and oxygen atoms in total. The van der Waals surface area contributed by atoms with Crippen LogP contribution in [0.3, 0.4) is 0 Å². The van der Waals surface area contributed by atoms with Crippen LogP contribution >= 0.6 is 0 Å². The molecule has 0 fully saturated rings. The van der Waals surface area contributed by atoms with Crippen LogP contribution in [-0.4, -0.2) is 14.1 Å². The van der Waals surface area contributed by atoms with Gasteiger partial charge >= 0.3 is 43.2 Å². The predicted molar refractivity (Wildman–Crippen MR) is 305 cm³/mol. The number of rotatable bonds is 7. The number of nitriles is 1. The number of benzene rings is 9. The molecule has 0 bridgehead atoms. The summed E-state index contributed by atoms with van der Waals surface area (Å²) in [6, 6.07) is 29.6. The van der Waals surface area contributed by atoms with Gasteiger partial charge in [0.25, 0.3) is 0 Å². The summed E-state index contributed by atoms with van der Waals surface area (Å²) in [7, 11) is 0. The maximum atomic E-state index is 14.9. The molecule has 0 saturated carbocycles. The van der Waals surface area contributed by atoms with Gasteiger partial charge in [-0.3, -0.25) is 4.57 Å². The highest BCUT2D eigenvalue weighted by molar-refractivity contribution is 6.13. The largest absolute Gasteiger partial charge is 0.417 e. The lowest BCUT2D eigenvalue weighted by atomic mass is 9.95. The molecular formula is C68H33F21N4. The summed E-state index contributed by atoms with van der Waals surface area (Å²) in [6.07, 6.45) is -35.9. The van der Waals surface area contributed by atoms with Crippen molar-refractivity contribution in [3.63, 3.8) is 0 Å². The van der Waals surface area contributed by atoms with Gasteiger partial charge in [0.05, 0.1) is 84.5 Å². The van der Waals surface area contributed by atoms with Crippen LogP contribution in [0.15, 0.2) is 182 Å². The quantitative estimate of drug-likeness (QED) is 0.149. The first-order chi connectivity index (χ1) is 43.4. The summed E-state index contributed by atoms with van der Waals surface area (Å²) in [5.41, 5.74) is -15.8. The Labute approximate surface area is 509 Å². The zero-order chi connectivity index (χ0) is 67.0. The van der Waals surface area contributed by atoms with Crippen LogP contribution in [0.2, 0.25) is 0 Å². The van der Waals surface area contributed by atoms with E-state index in [1.54, 1.807) is 0 Å². The molecular weight excluding hydrogens is 1270 g/mol. The lowest BCUT2D eigenvalue weighted by molar-refractivity contribution is -0.144. The van der Waals surface area contributed by atoms with Gasteiger partial charge < -0.3 is 4.57 Å². The molecule has 0 amide bonds. The molecule has 9 aromatic carbocycles. The van der Waals surface area contributed by atoms with Crippen LogP contribution < -0.4 is 0 Å². The van der Waals surface area contributed by atoms with Crippen molar-refractivity contribution in [1.82, 2.24) is 14.1 Å². The molecule has 0 atom stereocenters. The molecule has 3 heterocycles. The molecule has 0 radical (unpaired) electrons. The highest BCUT2D eigenvalue weighted by Gasteiger charge is 2.42. The van der Waals surface area contributed by atoms with Crippen molar-refractivity contribution in [2.45, 2.75) is 50.2 Å². The molecule has 0 N–H and O–H groups in total. The van der Waals surface area contributed by atoms with Crippen LogP contribution in [-0.2, 0) is 43.2 Å². The van der Waals surface area contributed by atoms with Gasteiger partial charge in [-0.15, -0.1) is 0 Å². The van der Waals surface area contributed by atoms with Gasteiger partial charge in [0.2, 0.25) is 0 Å². The second kappa shape index (κ2) is 21.7. The summed E-state index contributed by atoms with van der Waals surface area (Å²) < 4.78 is 307. The van der Waals surface area contributed by atoms with E-state index in [0.29, 0.717) is 36.4 Å². The first kappa shape index (κ1) is 62.9. The van der Waals surface area contributed by atoms with E-state index in [4.69, 9.17) is 4.98 Å². The third kappa shape index (κ3) is 11.4. The Morgan fingerprint density at radius 1 is 0.323 bits per heavy atom. The molecule has 0 aliphatic carbocycles. The van der Waals surface area contributed by atoms with Crippen molar-refractivity contribution in [2.24, 2.45) is 0 Å². The van der Waals surface area contributed by atoms with Crippen molar-refractivity contribution >= 4 is 43.6 Å². The Kier molecular flexibility index (Phi) is 14.7. The Morgan fingerprint density at radius 2 is 0.656 bits per heavy atom. The Balaban J connectivity index is 1.20. The number of fused-ring (bicyclic) bond motifs is 6. The first-order valence-corrected chi connectivity index (χ1v) is 27.1. The fourth-order valence-electron chi connectivity index (χ4n) is 11.7. The Hall–Kier alpha value is -10.3. The number of aromatic nitrogens is 3. The lowest BCUT2D eigenvalue weighted by Gasteiger charge is -2.19. The van der Waals surface area contributed by atoms with E-state index in [1.807, 2.05) is 6.07 Å². The van der Waals surface area contributed by atoms with Crippen LogP contribution in [0.4, 0.5) is 92.2 Å². The third-order valence-electron chi connectivity index (χ3n) is 15.9. The minimum atomic E-state index is -5.44. The minimum Gasteiger partial charge on any atom is -0.307 e. The summed E-state index contributed by atoms with van der Waals surface area (Å²) in [6.45, 7) is 1.42. The first-order valence-electron chi connectivity index (χ1n) is 27.1. The van der Waals surface area contributed by atoms with Crippen LogP contribution in [0.5, 0.6) is 0 Å². The van der Waals surface area contributed by atoms with E-state index in [9.17, 15) is 97.5 Å². The number of alkyl halides is 21. The highest BCUT2D eigenvalue weighted by Crippen LogP contribution is 2.49. The standard InChI is InChI=1S/C68H33F21N4/c1-33-6-14-43(52(22-33)65(78,79)80)36-9-17-49-50-18-10-37(46-21-13-41(64(75,76)77)29-55(46)68(87,88)89)26-59(50)93(58(49)25-36)61-30-51(42-5-3-2-4-38(42)31-90)60(32-91-61)92-56-23-34(44-19-11-39(62(69,70)71)27-53(44)66(81,82)83)7-15-47(56)48-16-8-35(24-57(48)92)45-20-12-40(63(72,73)74)28-54(45)67(84,85)86/h2-30,32H,1H3. The number of hydrogen-bond acceptors (Lipinski definition) is 2. The molecule has 0 saturated heterocycles. The van der Waals surface area contributed by atoms with Gasteiger partial charge in [-0.25, -0.2) is 4.98 Å². The van der Waals surface area contributed by atoms with E-state index in [1.165, 1.54) is 101 Å². The van der Waals surface area contributed by atoms with Gasteiger partial charge in [-0.2, -0.15) is 97.5 Å². The van der Waals surface area contributed by atoms with E-state index in [0.717, 1.165) is 42.6 Å². The molecule has 12 aromatic rings. The maximum Gasteiger partial charge on any atom is 0.417 e. The second-order valence-electron chi connectivity index (χ2n) is 21.6. The third-order valence-corrected chi connectivity index (χ3v) is 15.9. The number of halogens is 21. The second-order valence-corrected chi connectivity index (χ2v) is 21.6. The van der Waals surface area contributed by atoms with Crippen LogP contribution in [0.25, 0.3) is 111 Å².